The summed E-state index contributed by atoms with van der Waals surface area (Å²) in [7, 11) is 3.04. The molecule has 3 saturated heterocycles. The van der Waals surface area contributed by atoms with Gasteiger partial charge in [-0.15, -0.1) is 0 Å². The zero-order valence-electron chi connectivity index (χ0n) is 35.0. The Morgan fingerprint density at radius 2 is 1.53 bits per heavy atom. The van der Waals surface area contributed by atoms with Crippen molar-refractivity contribution in [2.24, 2.45) is 28.6 Å². The molecule has 14 nitrogen and oxygen atoms in total. The SMILES string of the molecule is CO[C@@H]1[C@H](O)[C@@H](C)OC(O[C@@H]2[C@@H](C)O[C@@H](O[C@H]3CC[C@@]4(C)[C@@H](CC[C@@]56O[C@@]57CC[C@H](C(C)=O)[C@@]7(C)[C@H](OC(C)=O)[C@@H](OC(=O)c5ccccc5)[C@H]46)C3)C[C@H]2OC)[C@@H]1O. The Kier molecular flexibility index (Phi) is 11.2. The smallest absolute Gasteiger partial charge is 0.338 e. The van der Waals surface area contributed by atoms with E-state index in [0.29, 0.717) is 31.2 Å². The molecule has 0 bridgehead atoms. The molecule has 1 aromatic carbocycles. The van der Waals surface area contributed by atoms with E-state index in [1.807, 2.05) is 19.9 Å². The van der Waals surface area contributed by atoms with Crippen molar-refractivity contribution >= 4 is 17.7 Å². The van der Waals surface area contributed by atoms with Crippen LogP contribution in [-0.2, 0) is 52.2 Å². The molecule has 3 aliphatic heterocycles. The Morgan fingerprint density at radius 3 is 2.21 bits per heavy atom. The second-order valence-corrected chi connectivity index (χ2v) is 18.6. The van der Waals surface area contributed by atoms with Crippen LogP contribution in [0.5, 0.6) is 0 Å². The second-order valence-electron chi connectivity index (χ2n) is 18.6. The molecule has 19 atom stereocenters. The van der Waals surface area contributed by atoms with Crippen molar-refractivity contribution in [3.8, 4) is 0 Å². The topological polar surface area (TPSA) is 178 Å². The maximum Gasteiger partial charge on any atom is 0.338 e. The first-order chi connectivity index (χ1) is 27.5. The molecule has 0 radical (unpaired) electrons. The van der Waals surface area contributed by atoms with Crippen molar-refractivity contribution in [3.63, 3.8) is 0 Å². The van der Waals surface area contributed by atoms with Crippen molar-refractivity contribution in [3.05, 3.63) is 35.9 Å². The van der Waals surface area contributed by atoms with Crippen LogP contribution in [0.1, 0.15) is 103 Å². The quantitative estimate of drug-likeness (QED) is 0.194. The molecule has 1 unspecified atom stereocenters. The van der Waals surface area contributed by atoms with E-state index >= 15 is 0 Å². The average molecular weight is 815 g/mol. The average Bonchev–Trinajstić information content (AvgIpc) is 3.74. The summed E-state index contributed by atoms with van der Waals surface area (Å²) in [4.78, 5) is 40.3. The van der Waals surface area contributed by atoms with Crippen molar-refractivity contribution in [1.82, 2.24) is 0 Å². The van der Waals surface area contributed by atoms with Gasteiger partial charge in [0.05, 0.1) is 30.0 Å². The maximum absolute atomic E-state index is 14.0. The summed E-state index contributed by atoms with van der Waals surface area (Å²) >= 11 is 0. The fraction of sp³-hybridized carbons (Fsp3) is 0.795. The highest BCUT2D eigenvalue weighted by Gasteiger charge is 2.91. The van der Waals surface area contributed by atoms with E-state index in [1.165, 1.54) is 14.0 Å². The summed E-state index contributed by atoms with van der Waals surface area (Å²) in [5, 5.41) is 21.4. The predicted octanol–water partition coefficient (Wildman–Crippen LogP) is 4.29. The first-order valence-electron chi connectivity index (χ1n) is 21.2. The number of aliphatic hydroxyl groups excluding tert-OH is 2. The van der Waals surface area contributed by atoms with Crippen LogP contribution in [0.4, 0.5) is 0 Å². The highest BCUT2D eigenvalue weighted by Crippen LogP contribution is 2.81. The second kappa shape index (κ2) is 15.4. The summed E-state index contributed by atoms with van der Waals surface area (Å²) in [6.45, 7) is 10.9. The van der Waals surface area contributed by atoms with Crippen molar-refractivity contribution in [2.75, 3.05) is 14.2 Å². The number of benzene rings is 1. The van der Waals surface area contributed by atoms with E-state index < -0.39 is 102 Å². The van der Waals surface area contributed by atoms with Gasteiger partial charge in [0.15, 0.2) is 12.6 Å². The van der Waals surface area contributed by atoms with Gasteiger partial charge in [-0.3, -0.25) is 9.59 Å². The molecule has 1 aromatic rings. The van der Waals surface area contributed by atoms with Gasteiger partial charge in [0.25, 0.3) is 0 Å². The molecular formula is C44H62O14. The Balaban J connectivity index is 1.02. The fourth-order valence-electron chi connectivity index (χ4n) is 13.1. The molecule has 0 amide bonds. The lowest BCUT2D eigenvalue weighted by Gasteiger charge is -2.61. The number of ketones is 1. The Labute approximate surface area is 340 Å². The minimum atomic E-state index is -1.22. The van der Waals surface area contributed by atoms with Crippen LogP contribution in [0.25, 0.3) is 0 Å². The first-order valence-corrected chi connectivity index (χ1v) is 21.2. The van der Waals surface area contributed by atoms with Crippen LogP contribution in [0.3, 0.4) is 0 Å². The molecule has 4 saturated carbocycles. The number of fused-ring (bicyclic) bond motifs is 2. The summed E-state index contributed by atoms with van der Waals surface area (Å²) in [6.07, 6.45) is -3.22. The molecule has 14 heteroatoms. The lowest BCUT2D eigenvalue weighted by atomic mass is 9.43. The van der Waals surface area contributed by atoms with E-state index in [1.54, 1.807) is 45.2 Å². The number of carbonyl (C=O) groups excluding carboxylic acids is 3. The van der Waals surface area contributed by atoms with Crippen molar-refractivity contribution < 1.29 is 67.2 Å². The molecule has 322 valence electrons. The molecule has 2 spiro atoms. The monoisotopic (exact) mass is 814 g/mol. The van der Waals surface area contributed by atoms with E-state index in [2.05, 4.69) is 6.92 Å². The van der Waals surface area contributed by atoms with Gasteiger partial charge < -0.3 is 52.8 Å². The highest BCUT2D eigenvalue weighted by atomic mass is 16.7. The van der Waals surface area contributed by atoms with Gasteiger partial charge >= 0.3 is 11.9 Å². The minimum absolute atomic E-state index is 0.0215. The van der Waals surface area contributed by atoms with Crippen molar-refractivity contribution in [1.29, 1.82) is 0 Å². The van der Waals surface area contributed by atoms with Gasteiger partial charge in [-0.1, -0.05) is 32.0 Å². The van der Waals surface area contributed by atoms with Gasteiger partial charge in [-0.05, 0) is 89.2 Å². The maximum atomic E-state index is 14.0. The number of esters is 2. The van der Waals surface area contributed by atoms with E-state index in [0.717, 1.165) is 25.7 Å². The number of methoxy groups -OCH3 is 2. The number of aliphatic hydroxyl groups is 2. The molecule has 8 rings (SSSR count). The lowest BCUT2D eigenvalue weighted by Crippen LogP contribution is -2.70. The Hall–Kier alpha value is -2.53. The zero-order valence-corrected chi connectivity index (χ0v) is 35.0. The zero-order chi connectivity index (χ0) is 41.5. The summed E-state index contributed by atoms with van der Waals surface area (Å²) in [5.74, 6) is -1.51. The number of rotatable bonds is 10. The van der Waals surface area contributed by atoms with Gasteiger partial charge in [0.2, 0.25) is 0 Å². The molecule has 4 aliphatic carbocycles. The van der Waals surface area contributed by atoms with E-state index in [-0.39, 0.29) is 29.1 Å². The fourth-order valence-corrected chi connectivity index (χ4v) is 13.1. The van der Waals surface area contributed by atoms with Gasteiger partial charge in [0.1, 0.15) is 53.6 Å². The lowest BCUT2D eigenvalue weighted by molar-refractivity contribution is -0.343. The molecule has 2 N–H and O–H groups in total. The molecule has 7 aliphatic rings. The van der Waals surface area contributed by atoms with Crippen LogP contribution in [0.2, 0.25) is 0 Å². The number of Topliss-reactive ketones (excluding diaryl/α,β-unsaturated/α-hetero) is 1. The standard InChI is InChI=1S/C44H62O14/c1-22(45)29-16-19-44-42(29,6)38(54-25(4)46)36(56-39(49)26-12-10-9-11-13-26)37-41(5)17-15-28(20-27(41)14-18-43(37,44)58-44)55-31-21-30(50-7)34(24(3)52-31)57-40-33(48)35(51-8)32(47)23(2)53-40/h9-13,23-24,27-38,40,47-48H,14-21H2,1-8H3/t23-,24-,27+,28+,29-,30-,31+,32-,33-,34-,35-,36+,37-,38-,40?,41+,42+,43+,44-/m1/s1. The van der Waals surface area contributed by atoms with Crippen LogP contribution < -0.4 is 0 Å². The third kappa shape index (κ3) is 6.42. The van der Waals surface area contributed by atoms with Gasteiger partial charge in [0, 0.05) is 44.8 Å². The molecule has 58 heavy (non-hydrogen) atoms. The molecule has 0 aromatic heterocycles. The summed E-state index contributed by atoms with van der Waals surface area (Å²) in [5.41, 5.74) is -2.18. The summed E-state index contributed by atoms with van der Waals surface area (Å²) < 4.78 is 56.6. The Bertz CT molecular complexity index is 1710. The number of carbonyl (C=O) groups is 3. The highest BCUT2D eigenvalue weighted by molar-refractivity contribution is 5.89. The molecule has 3 heterocycles. The number of hydrogen-bond acceptors (Lipinski definition) is 14. The van der Waals surface area contributed by atoms with Crippen LogP contribution in [0.15, 0.2) is 30.3 Å². The van der Waals surface area contributed by atoms with E-state index in [4.69, 9.17) is 42.6 Å². The number of epoxide rings is 1. The minimum Gasteiger partial charge on any atom is -0.458 e. The molecular weight excluding hydrogens is 752 g/mol. The van der Waals surface area contributed by atoms with Crippen LogP contribution in [0, 0.1) is 28.6 Å². The first kappa shape index (κ1) is 42.2. The van der Waals surface area contributed by atoms with Crippen LogP contribution in [-0.4, -0.2) is 127 Å². The van der Waals surface area contributed by atoms with Crippen molar-refractivity contribution in [2.45, 2.75) is 178 Å². The van der Waals surface area contributed by atoms with Gasteiger partial charge in [-0.25, -0.2) is 4.79 Å². The largest absolute Gasteiger partial charge is 0.458 e. The number of hydrogen-bond donors (Lipinski definition) is 2. The third-order valence-electron chi connectivity index (χ3n) is 15.8. The Morgan fingerprint density at radius 1 is 0.793 bits per heavy atom. The van der Waals surface area contributed by atoms with Gasteiger partial charge in [-0.2, -0.15) is 0 Å². The number of ether oxygens (including phenoxy) is 9. The third-order valence-corrected chi connectivity index (χ3v) is 15.8. The normalized spacial score (nSPS) is 49.4. The summed E-state index contributed by atoms with van der Waals surface area (Å²) in [6, 6.07) is 8.86. The molecule has 7 fully saturated rings. The van der Waals surface area contributed by atoms with Crippen LogP contribution >= 0.6 is 0 Å². The predicted molar refractivity (Wildman–Crippen MR) is 204 cm³/mol. The van der Waals surface area contributed by atoms with E-state index in [9.17, 15) is 24.6 Å².